The summed E-state index contributed by atoms with van der Waals surface area (Å²) in [5, 5.41) is 14.5. The monoisotopic (exact) mass is 371 g/mol. The SMILES string of the molecule is CCCCOc1ccc(OCC(=O)N/N=C\c2cccc([N+](=O)[O-])c2)cc1. The van der Waals surface area contributed by atoms with Crippen molar-refractivity contribution in [3.63, 3.8) is 0 Å². The van der Waals surface area contributed by atoms with Crippen LogP contribution in [-0.4, -0.2) is 30.3 Å². The molecule has 0 aliphatic carbocycles. The molecule has 0 heterocycles. The van der Waals surface area contributed by atoms with E-state index < -0.39 is 10.8 Å². The van der Waals surface area contributed by atoms with E-state index in [1.807, 2.05) is 0 Å². The van der Waals surface area contributed by atoms with Crippen LogP contribution in [0.3, 0.4) is 0 Å². The molecule has 0 unspecified atom stereocenters. The first-order chi connectivity index (χ1) is 13.1. The lowest BCUT2D eigenvalue weighted by molar-refractivity contribution is -0.384. The number of nitrogens with one attached hydrogen (secondary N) is 1. The van der Waals surface area contributed by atoms with E-state index >= 15 is 0 Å². The Labute approximate surface area is 157 Å². The molecule has 8 heteroatoms. The summed E-state index contributed by atoms with van der Waals surface area (Å²) in [6.07, 6.45) is 3.39. The number of non-ortho nitro benzene ring substituents is 1. The van der Waals surface area contributed by atoms with Gasteiger partial charge in [0.2, 0.25) is 0 Å². The Kier molecular flexibility index (Phi) is 7.77. The number of unbranched alkanes of at least 4 members (excludes halogenated alkanes) is 1. The van der Waals surface area contributed by atoms with E-state index in [0.29, 0.717) is 17.9 Å². The summed E-state index contributed by atoms with van der Waals surface area (Å²) in [5.41, 5.74) is 2.76. The number of nitrogens with zero attached hydrogens (tertiary/aromatic N) is 2. The second-order valence-corrected chi connectivity index (χ2v) is 5.61. The zero-order valence-electron chi connectivity index (χ0n) is 15.0. The number of benzene rings is 2. The second kappa shape index (κ2) is 10.5. The smallest absolute Gasteiger partial charge is 0.277 e. The highest BCUT2D eigenvalue weighted by atomic mass is 16.6. The number of carbonyl (C=O) groups is 1. The number of hydrazone groups is 1. The van der Waals surface area contributed by atoms with Crippen LogP contribution in [0.2, 0.25) is 0 Å². The Morgan fingerprint density at radius 3 is 2.56 bits per heavy atom. The molecule has 0 saturated heterocycles. The summed E-state index contributed by atoms with van der Waals surface area (Å²) in [6, 6.07) is 12.9. The van der Waals surface area contributed by atoms with E-state index in [1.165, 1.54) is 18.3 Å². The highest BCUT2D eigenvalue weighted by Gasteiger charge is 2.05. The van der Waals surface area contributed by atoms with Gasteiger partial charge in [-0.2, -0.15) is 5.10 Å². The Bertz CT molecular complexity index is 790. The third-order valence-corrected chi connectivity index (χ3v) is 3.44. The molecule has 1 N–H and O–H groups in total. The molecule has 2 rings (SSSR count). The van der Waals surface area contributed by atoms with Crippen LogP contribution in [0.25, 0.3) is 0 Å². The molecular formula is C19H21N3O5. The minimum absolute atomic E-state index is 0.0456. The molecule has 1 amide bonds. The highest BCUT2D eigenvalue weighted by molar-refractivity contribution is 5.83. The Hall–Kier alpha value is -3.42. The van der Waals surface area contributed by atoms with E-state index in [-0.39, 0.29) is 12.3 Å². The molecule has 0 aliphatic heterocycles. The number of nitro benzene ring substituents is 1. The number of hydrogen-bond acceptors (Lipinski definition) is 6. The average molecular weight is 371 g/mol. The maximum atomic E-state index is 11.7. The van der Waals surface area contributed by atoms with Crippen LogP contribution in [0.15, 0.2) is 53.6 Å². The van der Waals surface area contributed by atoms with E-state index in [1.54, 1.807) is 36.4 Å². The lowest BCUT2D eigenvalue weighted by Gasteiger charge is -2.07. The number of rotatable bonds is 10. The van der Waals surface area contributed by atoms with Gasteiger partial charge in [-0.15, -0.1) is 0 Å². The molecule has 2 aromatic rings. The molecule has 0 radical (unpaired) electrons. The molecule has 0 spiro atoms. The lowest BCUT2D eigenvalue weighted by Crippen LogP contribution is -2.24. The van der Waals surface area contributed by atoms with Gasteiger partial charge in [-0.05, 0) is 30.7 Å². The predicted octanol–water partition coefficient (Wildman–Crippen LogP) is 3.30. The number of nitro groups is 1. The van der Waals surface area contributed by atoms with Crippen LogP contribution < -0.4 is 14.9 Å². The molecule has 8 nitrogen and oxygen atoms in total. The number of carbonyl (C=O) groups excluding carboxylic acids is 1. The Morgan fingerprint density at radius 1 is 1.19 bits per heavy atom. The standard InChI is InChI=1S/C19H21N3O5/c1-2-3-11-26-17-7-9-18(10-8-17)27-14-19(23)21-20-13-15-5-4-6-16(12-15)22(24)25/h4-10,12-13H,2-3,11,14H2,1H3,(H,21,23)/b20-13-. The van der Waals surface area contributed by atoms with Crippen molar-refractivity contribution in [1.29, 1.82) is 0 Å². The number of amides is 1. The van der Waals surface area contributed by atoms with E-state index in [9.17, 15) is 14.9 Å². The lowest BCUT2D eigenvalue weighted by atomic mass is 10.2. The van der Waals surface area contributed by atoms with Crippen molar-refractivity contribution < 1.29 is 19.2 Å². The zero-order valence-corrected chi connectivity index (χ0v) is 15.0. The van der Waals surface area contributed by atoms with E-state index in [0.717, 1.165) is 18.6 Å². The third-order valence-electron chi connectivity index (χ3n) is 3.44. The molecular weight excluding hydrogens is 350 g/mol. The molecule has 0 bridgehead atoms. The van der Waals surface area contributed by atoms with Crippen molar-refractivity contribution >= 4 is 17.8 Å². The predicted molar refractivity (Wildman–Crippen MR) is 101 cm³/mol. The Balaban J connectivity index is 1.76. The van der Waals surface area contributed by atoms with Crippen LogP contribution in [0.1, 0.15) is 25.3 Å². The number of ether oxygens (including phenoxy) is 2. The minimum atomic E-state index is -0.496. The highest BCUT2D eigenvalue weighted by Crippen LogP contribution is 2.17. The van der Waals surface area contributed by atoms with Crippen LogP contribution in [0.4, 0.5) is 5.69 Å². The summed E-state index contributed by atoms with van der Waals surface area (Å²) >= 11 is 0. The van der Waals surface area contributed by atoms with Gasteiger partial charge in [0.15, 0.2) is 6.61 Å². The fourth-order valence-corrected chi connectivity index (χ4v) is 2.05. The van der Waals surface area contributed by atoms with Crippen molar-refractivity contribution in [3.05, 3.63) is 64.2 Å². The van der Waals surface area contributed by atoms with Crippen molar-refractivity contribution in [3.8, 4) is 11.5 Å². The van der Waals surface area contributed by atoms with E-state index in [4.69, 9.17) is 9.47 Å². The molecule has 27 heavy (non-hydrogen) atoms. The van der Waals surface area contributed by atoms with Gasteiger partial charge in [0, 0.05) is 17.7 Å². The first kappa shape index (κ1) is 19.9. The van der Waals surface area contributed by atoms with Crippen molar-refractivity contribution in [2.75, 3.05) is 13.2 Å². The van der Waals surface area contributed by atoms with Crippen molar-refractivity contribution in [2.45, 2.75) is 19.8 Å². The molecule has 0 saturated carbocycles. The van der Waals surface area contributed by atoms with Gasteiger partial charge < -0.3 is 9.47 Å². The van der Waals surface area contributed by atoms with Crippen LogP contribution >= 0.6 is 0 Å². The van der Waals surface area contributed by atoms with Crippen LogP contribution in [0, 0.1) is 10.1 Å². The molecule has 2 aromatic carbocycles. The maximum Gasteiger partial charge on any atom is 0.277 e. The fourth-order valence-electron chi connectivity index (χ4n) is 2.05. The van der Waals surface area contributed by atoms with Crippen molar-refractivity contribution in [1.82, 2.24) is 5.43 Å². The molecule has 0 aromatic heterocycles. The quantitative estimate of drug-likeness (QED) is 0.299. The van der Waals surface area contributed by atoms with Gasteiger partial charge >= 0.3 is 0 Å². The van der Waals surface area contributed by atoms with Crippen LogP contribution in [-0.2, 0) is 4.79 Å². The summed E-state index contributed by atoms with van der Waals surface area (Å²) in [7, 11) is 0. The van der Waals surface area contributed by atoms with Gasteiger partial charge in [-0.3, -0.25) is 14.9 Å². The average Bonchev–Trinajstić information content (AvgIpc) is 2.68. The largest absolute Gasteiger partial charge is 0.494 e. The zero-order chi connectivity index (χ0) is 19.5. The van der Waals surface area contributed by atoms with E-state index in [2.05, 4.69) is 17.5 Å². The summed E-state index contributed by atoms with van der Waals surface area (Å²) in [5.74, 6) is 0.845. The molecule has 0 atom stereocenters. The fraction of sp³-hybridized carbons (Fsp3) is 0.263. The van der Waals surface area contributed by atoms with Crippen LogP contribution in [0.5, 0.6) is 11.5 Å². The maximum absolute atomic E-state index is 11.7. The first-order valence-corrected chi connectivity index (χ1v) is 8.50. The topological polar surface area (TPSA) is 103 Å². The molecule has 0 aliphatic rings. The summed E-state index contributed by atoms with van der Waals surface area (Å²) in [6.45, 7) is 2.56. The Morgan fingerprint density at radius 2 is 1.89 bits per heavy atom. The van der Waals surface area contributed by atoms with Crippen molar-refractivity contribution in [2.24, 2.45) is 5.10 Å². The summed E-state index contributed by atoms with van der Waals surface area (Å²) < 4.78 is 10.9. The normalized spacial score (nSPS) is 10.6. The minimum Gasteiger partial charge on any atom is -0.494 e. The molecule has 142 valence electrons. The van der Waals surface area contributed by atoms with Gasteiger partial charge in [-0.1, -0.05) is 25.5 Å². The van der Waals surface area contributed by atoms with Gasteiger partial charge in [-0.25, -0.2) is 5.43 Å². The first-order valence-electron chi connectivity index (χ1n) is 8.50. The van der Waals surface area contributed by atoms with Gasteiger partial charge in [0.1, 0.15) is 11.5 Å². The second-order valence-electron chi connectivity index (χ2n) is 5.61. The number of hydrogen-bond donors (Lipinski definition) is 1. The molecule has 0 fully saturated rings. The third kappa shape index (κ3) is 7.15. The van der Waals surface area contributed by atoms with Gasteiger partial charge in [0.05, 0.1) is 17.7 Å². The summed E-state index contributed by atoms with van der Waals surface area (Å²) in [4.78, 5) is 22.0. The van der Waals surface area contributed by atoms with Gasteiger partial charge in [0.25, 0.3) is 11.6 Å².